The van der Waals surface area contributed by atoms with E-state index in [1.165, 1.54) is 4.57 Å². The topological polar surface area (TPSA) is 83.5 Å². The summed E-state index contributed by atoms with van der Waals surface area (Å²) in [6.45, 7) is 1.71. The molecule has 0 aliphatic carbocycles. The average molecular weight is 224 g/mol. The maximum Gasteiger partial charge on any atom is 0.329 e. The second kappa shape index (κ2) is 3.13. The molecule has 2 rings (SSSR count). The lowest BCUT2D eigenvalue weighted by Crippen LogP contribution is -2.29. The van der Waals surface area contributed by atoms with Gasteiger partial charge in [-0.1, -0.05) is 12.2 Å². The summed E-state index contributed by atoms with van der Waals surface area (Å²) in [5.41, 5.74) is -0.605. The third kappa shape index (κ3) is 1.40. The van der Waals surface area contributed by atoms with Gasteiger partial charge in [0.05, 0.1) is 0 Å². The molecule has 15 heavy (non-hydrogen) atoms. The molecule has 0 radical (unpaired) electrons. The Balaban J connectivity index is 3.25. The quantitative estimate of drug-likeness (QED) is 0.616. The molecule has 0 saturated heterocycles. The smallest absolute Gasteiger partial charge is 0.329 e. The van der Waals surface area contributed by atoms with Gasteiger partial charge in [0.2, 0.25) is 0 Å². The maximum absolute atomic E-state index is 11.5. The number of nitrogens with one attached hydrogen (secondary N) is 2. The van der Waals surface area contributed by atoms with E-state index < -0.39 is 11.2 Å². The second-order valence-electron chi connectivity index (χ2n) is 3.17. The van der Waals surface area contributed by atoms with Gasteiger partial charge in [0, 0.05) is 7.05 Å². The molecule has 0 atom stereocenters. The molecular weight excluding hydrogens is 216 g/mol. The van der Waals surface area contributed by atoms with Crippen LogP contribution in [0.1, 0.15) is 5.82 Å². The first-order valence-corrected chi connectivity index (χ1v) is 4.61. The normalized spacial score (nSPS) is 10.8. The molecule has 0 aliphatic heterocycles. The molecule has 2 aromatic rings. The van der Waals surface area contributed by atoms with E-state index in [1.807, 2.05) is 0 Å². The van der Waals surface area contributed by atoms with Crippen LogP contribution in [0.2, 0.25) is 0 Å². The van der Waals surface area contributed by atoms with Crippen molar-refractivity contribution < 1.29 is 0 Å². The molecule has 0 aliphatic rings. The lowest BCUT2D eigenvalue weighted by atomic mass is 10.4. The Morgan fingerprint density at radius 2 is 2.00 bits per heavy atom. The maximum atomic E-state index is 11.5. The van der Waals surface area contributed by atoms with E-state index in [9.17, 15) is 9.59 Å². The second-order valence-corrected chi connectivity index (χ2v) is 3.56. The Hall–Kier alpha value is -1.76. The summed E-state index contributed by atoms with van der Waals surface area (Å²) in [5, 5.41) is 0.234. The van der Waals surface area contributed by atoms with Crippen LogP contribution in [0.15, 0.2) is 9.59 Å². The molecular formula is C8H8N4O2S. The summed E-state index contributed by atoms with van der Waals surface area (Å²) >= 11 is 4.97. The third-order valence-electron chi connectivity index (χ3n) is 2.11. The zero-order valence-electron chi connectivity index (χ0n) is 8.12. The Bertz CT molecular complexity index is 709. The first-order chi connectivity index (χ1) is 7.00. The number of fused-ring (bicyclic) bond motifs is 1. The summed E-state index contributed by atoms with van der Waals surface area (Å²) in [5.74, 6) is 0.563. The first-order valence-electron chi connectivity index (χ1n) is 4.20. The Kier molecular flexibility index (Phi) is 2.04. The van der Waals surface area contributed by atoms with Crippen LogP contribution in [-0.2, 0) is 7.05 Å². The predicted molar refractivity (Wildman–Crippen MR) is 57.5 cm³/mol. The van der Waals surface area contributed by atoms with Crippen molar-refractivity contribution in [3.05, 3.63) is 31.3 Å². The van der Waals surface area contributed by atoms with Gasteiger partial charge in [0.25, 0.3) is 5.56 Å². The van der Waals surface area contributed by atoms with Crippen LogP contribution in [0.3, 0.4) is 0 Å². The van der Waals surface area contributed by atoms with E-state index in [0.29, 0.717) is 11.5 Å². The number of H-pyrrole nitrogens is 2. The van der Waals surface area contributed by atoms with Crippen molar-refractivity contribution in [3.63, 3.8) is 0 Å². The molecule has 78 valence electrons. The molecule has 0 saturated carbocycles. The van der Waals surface area contributed by atoms with Crippen molar-refractivity contribution in [2.45, 2.75) is 6.92 Å². The number of hydrogen-bond acceptors (Lipinski definition) is 4. The molecule has 2 aromatic heterocycles. The van der Waals surface area contributed by atoms with E-state index in [-0.39, 0.29) is 10.0 Å². The molecule has 0 unspecified atom stereocenters. The SMILES string of the molecule is Cc1nc(=S)c2c(=O)[nH]c(=O)n(C)c2[nH]1. The van der Waals surface area contributed by atoms with Gasteiger partial charge in [0.15, 0.2) is 0 Å². The van der Waals surface area contributed by atoms with Gasteiger partial charge in [-0.2, -0.15) is 0 Å². The van der Waals surface area contributed by atoms with Gasteiger partial charge in [-0.3, -0.25) is 14.3 Å². The van der Waals surface area contributed by atoms with Crippen molar-refractivity contribution >= 4 is 23.3 Å². The average Bonchev–Trinajstić information content (AvgIpc) is 2.12. The van der Waals surface area contributed by atoms with E-state index in [0.717, 1.165) is 0 Å². The highest BCUT2D eigenvalue weighted by Gasteiger charge is 2.07. The minimum atomic E-state index is -0.512. The Morgan fingerprint density at radius 3 is 2.67 bits per heavy atom. The molecule has 2 N–H and O–H groups in total. The number of nitrogens with zero attached hydrogens (tertiary/aromatic N) is 2. The van der Waals surface area contributed by atoms with Gasteiger partial charge in [0.1, 0.15) is 21.5 Å². The number of aryl methyl sites for hydroxylation is 2. The summed E-state index contributed by atoms with van der Waals surface area (Å²) in [7, 11) is 1.55. The highest BCUT2D eigenvalue weighted by atomic mass is 32.1. The van der Waals surface area contributed by atoms with E-state index in [1.54, 1.807) is 14.0 Å². The first kappa shape index (κ1) is 9.78. The van der Waals surface area contributed by atoms with Crippen molar-refractivity contribution in [2.75, 3.05) is 0 Å². The number of rotatable bonds is 0. The minimum absolute atomic E-state index is 0.193. The van der Waals surface area contributed by atoms with E-state index in [4.69, 9.17) is 12.2 Å². The molecule has 6 nitrogen and oxygen atoms in total. The Labute approximate surface area is 88.6 Å². The largest absolute Gasteiger partial charge is 0.329 e. The Morgan fingerprint density at radius 1 is 1.33 bits per heavy atom. The fourth-order valence-electron chi connectivity index (χ4n) is 1.37. The molecule has 7 heteroatoms. The molecule has 0 bridgehead atoms. The monoisotopic (exact) mass is 224 g/mol. The molecule has 0 fully saturated rings. The van der Waals surface area contributed by atoms with Gasteiger partial charge >= 0.3 is 5.69 Å². The van der Waals surface area contributed by atoms with Gasteiger partial charge in [-0.15, -0.1) is 0 Å². The summed E-state index contributed by atoms with van der Waals surface area (Å²) in [6.07, 6.45) is 0. The number of aromatic amines is 2. The lowest BCUT2D eigenvalue weighted by Gasteiger charge is -2.03. The number of aromatic nitrogens is 4. The third-order valence-corrected chi connectivity index (χ3v) is 2.40. The number of hydrogen-bond donors (Lipinski definition) is 2. The van der Waals surface area contributed by atoms with Crippen LogP contribution < -0.4 is 11.2 Å². The summed E-state index contributed by atoms with van der Waals surface area (Å²) < 4.78 is 1.49. The molecule has 0 spiro atoms. The van der Waals surface area contributed by atoms with E-state index >= 15 is 0 Å². The van der Waals surface area contributed by atoms with Crippen molar-refractivity contribution in [2.24, 2.45) is 7.05 Å². The highest BCUT2D eigenvalue weighted by molar-refractivity contribution is 7.71. The highest BCUT2D eigenvalue weighted by Crippen LogP contribution is 2.04. The predicted octanol–water partition coefficient (Wildman–Crippen LogP) is -0.0122. The molecule has 2 heterocycles. The fourth-order valence-corrected chi connectivity index (χ4v) is 1.70. The van der Waals surface area contributed by atoms with Crippen LogP contribution in [0.5, 0.6) is 0 Å². The molecule has 0 amide bonds. The zero-order chi connectivity index (χ0) is 11.2. The molecule has 0 aromatic carbocycles. The standard InChI is InChI=1S/C8H8N4O2S/c1-3-9-5-4(7(15)10-3)6(13)11-8(14)12(5)2/h1-2H3,(H,9,10,15)(H,11,13,14). The zero-order valence-corrected chi connectivity index (χ0v) is 8.94. The van der Waals surface area contributed by atoms with Crippen LogP contribution in [0, 0.1) is 11.6 Å². The van der Waals surface area contributed by atoms with Crippen LogP contribution in [0.25, 0.3) is 11.0 Å². The van der Waals surface area contributed by atoms with Crippen LogP contribution in [-0.4, -0.2) is 19.5 Å². The van der Waals surface area contributed by atoms with Gasteiger partial charge in [-0.05, 0) is 6.92 Å². The van der Waals surface area contributed by atoms with E-state index in [2.05, 4.69) is 15.0 Å². The lowest BCUT2D eigenvalue weighted by molar-refractivity contribution is 0.819. The van der Waals surface area contributed by atoms with Crippen LogP contribution in [0.4, 0.5) is 0 Å². The van der Waals surface area contributed by atoms with Crippen molar-refractivity contribution in [3.8, 4) is 0 Å². The van der Waals surface area contributed by atoms with Crippen molar-refractivity contribution in [1.82, 2.24) is 19.5 Å². The summed E-state index contributed by atoms with van der Waals surface area (Å²) in [4.78, 5) is 31.8. The minimum Gasteiger partial charge on any atom is -0.329 e. The van der Waals surface area contributed by atoms with Crippen molar-refractivity contribution in [1.29, 1.82) is 0 Å². The van der Waals surface area contributed by atoms with Gasteiger partial charge < -0.3 is 4.98 Å². The fraction of sp³-hybridized carbons (Fsp3) is 0.250. The van der Waals surface area contributed by atoms with Gasteiger partial charge in [-0.25, -0.2) is 9.78 Å². The summed E-state index contributed by atoms with van der Waals surface area (Å²) in [6, 6.07) is 0. The van der Waals surface area contributed by atoms with Crippen LogP contribution >= 0.6 is 12.2 Å².